The molecule has 2 aromatic carbocycles. The van der Waals surface area contributed by atoms with Crippen LogP contribution in [0.3, 0.4) is 0 Å². The average molecular weight is 699 g/mol. The number of hydrogen-bond acceptors (Lipinski definition) is 18. The summed E-state index contributed by atoms with van der Waals surface area (Å²) in [6.45, 7) is -0.141. The molecule has 2 fully saturated rings. The number of phenolic OH excluding ortho intramolecular Hbond substituents is 2. The number of phenols is 2. The Morgan fingerprint density at radius 1 is 0.755 bits per heavy atom. The van der Waals surface area contributed by atoms with E-state index in [4.69, 9.17) is 32.8 Å². The first-order valence-electron chi connectivity index (χ1n) is 15.2. The standard InChI is InChI=1S/C31H38O18/c1-12-21(36)24(39)26(41)30(46-12)45-11-19-22(37)25(40)27(42)31(48-19)49-29-23(38)20-15(35)9-14(34)10-18(20)47-28(29)13-2-3-16(43-6-4-32)17(8-13)44-7-5-33/h2-3,8-10,12,19,21-22,24-27,30-37,39-42H,4-7,11H2,1H3/t12-,19+,21-,22+,24+,25-,26+,27+,30?,31-/m0/s1. The van der Waals surface area contributed by atoms with Crippen LogP contribution >= 0.6 is 0 Å². The van der Waals surface area contributed by atoms with Crippen LogP contribution in [-0.2, 0) is 14.2 Å². The van der Waals surface area contributed by atoms with E-state index in [-0.39, 0.29) is 54.8 Å². The van der Waals surface area contributed by atoms with Gasteiger partial charge in [-0.05, 0) is 25.1 Å². The predicted octanol–water partition coefficient (Wildman–Crippen LogP) is -2.36. The zero-order valence-corrected chi connectivity index (χ0v) is 25.9. The molecule has 18 heteroatoms. The van der Waals surface area contributed by atoms with Gasteiger partial charge in [-0.2, -0.15) is 0 Å². The SMILES string of the molecule is C[C@@H]1OC(OC[C@H]2O[C@@H](Oc3c(-c4ccc(OCCO)c(OCCO)c4)oc4cc(O)cc(O)c4c3=O)[C@H](O)[C@@H](O)[C@@H]2O)[C@H](O)[C@H](O)[C@H]1O. The summed E-state index contributed by atoms with van der Waals surface area (Å²) in [5.74, 6) is -1.91. The molecule has 2 saturated heterocycles. The molecule has 0 amide bonds. The van der Waals surface area contributed by atoms with Gasteiger partial charge in [-0.1, -0.05) is 0 Å². The van der Waals surface area contributed by atoms with Crippen molar-refractivity contribution in [2.45, 2.75) is 68.3 Å². The second kappa shape index (κ2) is 15.4. The largest absolute Gasteiger partial charge is 0.508 e. The van der Waals surface area contributed by atoms with Gasteiger partial charge in [0, 0.05) is 17.7 Å². The molecule has 1 aromatic heterocycles. The number of fused-ring (bicyclic) bond motifs is 1. The van der Waals surface area contributed by atoms with Crippen molar-refractivity contribution in [3.8, 4) is 40.1 Å². The summed E-state index contributed by atoms with van der Waals surface area (Å²) in [5.41, 5.74) is -1.19. The van der Waals surface area contributed by atoms with Crippen LogP contribution in [0.1, 0.15) is 6.92 Å². The Morgan fingerprint density at radius 3 is 2.10 bits per heavy atom. The topological polar surface area (TPSA) is 288 Å². The number of benzene rings is 2. The van der Waals surface area contributed by atoms with Gasteiger partial charge < -0.3 is 83.9 Å². The minimum Gasteiger partial charge on any atom is -0.508 e. The first-order valence-corrected chi connectivity index (χ1v) is 15.2. The number of rotatable bonds is 12. The minimum absolute atomic E-state index is 0.0521. The van der Waals surface area contributed by atoms with Gasteiger partial charge in [0.2, 0.25) is 17.5 Å². The van der Waals surface area contributed by atoms with E-state index in [1.165, 1.54) is 25.1 Å². The van der Waals surface area contributed by atoms with Gasteiger partial charge in [0.1, 0.15) is 78.4 Å². The van der Waals surface area contributed by atoms with Crippen LogP contribution in [0.4, 0.5) is 0 Å². The van der Waals surface area contributed by atoms with Crippen LogP contribution in [0.25, 0.3) is 22.3 Å². The summed E-state index contributed by atoms with van der Waals surface area (Å²) >= 11 is 0. The lowest BCUT2D eigenvalue weighted by Crippen LogP contribution is -2.61. The molecule has 0 aliphatic carbocycles. The molecule has 10 atom stereocenters. The molecule has 0 spiro atoms. The molecule has 10 N–H and O–H groups in total. The van der Waals surface area contributed by atoms with E-state index in [1.54, 1.807) is 0 Å². The van der Waals surface area contributed by atoms with Crippen LogP contribution < -0.4 is 19.6 Å². The Morgan fingerprint density at radius 2 is 1.41 bits per heavy atom. The molecule has 18 nitrogen and oxygen atoms in total. The van der Waals surface area contributed by atoms with Crippen molar-refractivity contribution in [3.63, 3.8) is 0 Å². The van der Waals surface area contributed by atoms with Crippen molar-refractivity contribution in [1.82, 2.24) is 0 Å². The second-order valence-electron chi connectivity index (χ2n) is 11.4. The maximum absolute atomic E-state index is 13.9. The number of aromatic hydroxyl groups is 2. The highest BCUT2D eigenvalue weighted by Crippen LogP contribution is 2.40. The smallest absolute Gasteiger partial charge is 0.239 e. The molecule has 5 rings (SSSR count). The Hall–Kier alpha value is -3.79. The lowest BCUT2D eigenvalue weighted by atomic mass is 9.98. The molecule has 2 aliphatic heterocycles. The summed E-state index contributed by atoms with van der Waals surface area (Å²) in [6.07, 6.45) is -16.2. The van der Waals surface area contributed by atoms with Crippen molar-refractivity contribution < 1.29 is 83.9 Å². The Labute approximate surface area is 277 Å². The third-order valence-corrected chi connectivity index (χ3v) is 7.96. The van der Waals surface area contributed by atoms with Crippen LogP contribution in [0.2, 0.25) is 0 Å². The highest BCUT2D eigenvalue weighted by molar-refractivity contribution is 5.88. The molecule has 2 aliphatic rings. The van der Waals surface area contributed by atoms with Crippen LogP contribution in [0.15, 0.2) is 39.5 Å². The van der Waals surface area contributed by atoms with E-state index in [9.17, 15) is 55.9 Å². The average Bonchev–Trinajstić information content (AvgIpc) is 3.07. The van der Waals surface area contributed by atoms with Crippen LogP contribution in [-0.4, -0.2) is 146 Å². The van der Waals surface area contributed by atoms with Gasteiger partial charge in [-0.25, -0.2) is 0 Å². The van der Waals surface area contributed by atoms with E-state index >= 15 is 0 Å². The summed E-state index contributed by atoms with van der Waals surface area (Å²) in [4.78, 5) is 13.9. The lowest BCUT2D eigenvalue weighted by molar-refractivity contribution is -0.318. The molecular weight excluding hydrogens is 660 g/mol. The number of aliphatic hydroxyl groups excluding tert-OH is 8. The molecule has 0 radical (unpaired) electrons. The molecule has 1 unspecified atom stereocenters. The van der Waals surface area contributed by atoms with Gasteiger partial charge in [0.05, 0.1) is 25.9 Å². The second-order valence-corrected chi connectivity index (χ2v) is 11.4. The van der Waals surface area contributed by atoms with Crippen molar-refractivity contribution >= 4 is 11.0 Å². The number of ether oxygens (including phenoxy) is 6. The highest BCUT2D eigenvalue weighted by Gasteiger charge is 2.48. The zero-order valence-electron chi connectivity index (χ0n) is 25.9. The maximum atomic E-state index is 13.9. The molecule has 3 heterocycles. The fraction of sp³-hybridized carbons (Fsp3) is 0.516. The van der Waals surface area contributed by atoms with Gasteiger partial charge in [-0.15, -0.1) is 0 Å². The highest BCUT2D eigenvalue weighted by atomic mass is 16.7. The minimum atomic E-state index is -1.98. The summed E-state index contributed by atoms with van der Waals surface area (Å²) in [6, 6.07) is 6.10. The fourth-order valence-corrected chi connectivity index (χ4v) is 5.37. The fourth-order valence-electron chi connectivity index (χ4n) is 5.37. The van der Waals surface area contributed by atoms with Gasteiger partial charge in [0.15, 0.2) is 23.5 Å². The molecular formula is C31H38O18. The van der Waals surface area contributed by atoms with E-state index in [0.29, 0.717) is 0 Å². The first kappa shape index (κ1) is 36.5. The third kappa shape index (κ3) is 7.54. The van der Waals surface area contributed by atoms with E-state index in [2.05, 4.69) is 0 Å². The quantitative estimate of drug-likeness (QED) is 0.0947. The lowest BCUT2D eigenvalue weighted by Gasteiger charge is -2.42. The van der Waals surface area contributed by atoms with Gasteiger partial charge in [0.25, 0.3) is 0 Å². The number of hydrogen-bond donors (Lipinski definition) is 10. The van der Waals surface area contributed by atoms with Gasteiger partial charge >= 0.3 is 0 Å². The maximum Gasteiger partial charge on any atom is 0.239 e. The molecule has 0 bridgehead atoms. The molecule has 270 valence electrons. The van der Waals surface area contributed by atoms with E-state index < -0.39 is 96.1 Å². The first-order chi connectivity index (χ1) is 23.4. The molecule has 0 saturated carbocycles. The Bertz CT molecular complexity index is 1640. The molecule has 49 heavy (non-hydrogen) atoms. The van der Waals surface area contributed by atoms with Crippen molar-refractivity contribution in [2.24, 2.45) is 0 Å². The van der Waals surface area contributed by atoms with Crippen LogP contribution in [0.5, 0.6) is 28.7 Å². The van der Waals surface area contributed by atoms with Crippen molar-refractivity contribution in [2.75, 3.05) is 33.0 Å². The predicted molar refractivity (Wildman–Crippen MR) is 162 cm³/mol. The Balaban J connectivity index is 1.51. The number of aliphatic hydroxyl groups is 8. The van der Waals surface area contributed by atoms with Gasteiger partial charge in [-0.3, -0.25) is 4.79 Å². The van der Waals surface area contributed by atoms with E-state index in [1.807, 2.05) is 0 Å². The van der Waals surface area contributed by atoms with Crippen molar-refractivity contribution in [1.29, 1.82) is 0 Å². The summed E-state index contributed by atoms with van der Waals surface area (Å²) < 4.78 is 39.4. The monoisotopic (exact) mass is 698 g/mol. The summed E-state index contributed by atoms with van der Waals surface area (Å²) in [7, 11) is 0. The third-order valence-electron chi connectivity index (χ3n) is 7.96. The van der Waals surface area contributed by atoms with E-state index in [0.717, 1.165) is 12.1 Å². The zero-order chi connectivity index (χ0) is 35.6. The summed E-state index contributed by atoms with van der Waals surface area (Å²) in [5, 5.41) is 101. The van der Waals surface area contributed by atoms with Crippen molar-refractivity contribution in [3.05, 3.63) is 40.6 Å². The molecule has 3 aromatic rings. The van der Waals surface area contributed by atoms with Crippen LogP contribution in [0, 0.1) is 0 Å². The Kier molecular flexibility index (Phi) is 11.5. The normalized spacial score (nSPS) is 30.3.